The molecule has 0 aromatic carbocycles. The molecule has 1 unspecified atom stereocenters. The average Bonchev–Trinajstić information content (AvgIpc) is 2.74. The third kappa shape index (κ3) is 4.02. The molecule has 1 aliphatic heterocycles. The highest BCUT2D eigenvalue weighted by Crippen LogP contribution is 2.13. The van der Waals surface area contributed by atoms with Crippen LogP contribution in [-0.2, 0) is 11.3 Å². The molecule has 0 aliphatic carbocycles. The van der Waals surface area contributed by atoms with Gasteiger partial charge in [-0.25, -0.2) is 0 Å². The number of anilines is 1. The number of hydrogen-bond donors (Lipinski definition) is 1. The molecular formula is C12H22N4O. The predicted octanol–water partition coefficient (Wildman–Crippen LogP) is 0.966. The lowest BCUT2D eigenvalue weighted by molar-refractivity contribution is -0.00193. The van der Waals surface area contributed by atoms with Crippen LogP contribution in [0.5, 0.6) is 0 Å². The number of likely N-dealkylation sites (N-methyl/N-ethyl adjacent to an activating group) is 1. The van der Waals surface area contributed by atoms with Gasteiger partial charge < -0.3 is 15.4 Å². The van der Waals surface area contributed by atoms with Crippen molar-refractivity contribution in [3.63, 3.8) is 0 Å². The number of aromatic nitrogens is 2. The van der Waals surface area contributed by atoms with Gasteiger partial charge in [-0.05, 0) is 26.3 Å². The van der Waals surface area contributed by atoms with Crippen molar-refractivity contribution in [2.75, 3.05) is 32.5 Å². The summed E-state index contributed by atoms with van der Waals surface area (Å²) in [4.78, 5) is 2.30. The molecule has 5 heteroatoms. The standard InChI is InChI=1S/C12H22N4O/c1-15(10-12-4-2-3-7-17-12)5-6-16-9-11(13)8-14-16/h8-9,12H,2-7,10,13H2,1H3. The molecule has 2 rings (SSSR count). The van der Waals surface area contributed by atoms with Gasteiger partial charge in [0.2, 0.25) is 0 Å². The van der Waals surface area contributed by atoms with E-state index in [0.29, 0.717) is 6.10 Å². The SMILES string of the molecule is CN(CCn1cc(N)cn1)CC1CCCCO1. The molecular weight excluding hydrogens is 216 g/mol. The van der Waals surface area contributed by atoms with Gasteiger partial charge in [-0.2, -0.15) is 5.10 Å². The number of nitrogens with zero attached hydrogens (tertiary/aromatic N) is 3. The Morgan fingerprint density at radius 3 is 3.12 bits per heavy atom. The lowest BCUT2D eigenvalue weighted by Crippen LogP contribution is -2.35. The van der Waals surface area contributed by atoms with E-state index in [1.165, 1.54) is 19.3 Å². The molecule has 0 spiro atoms. The minimum Gasteiger partial charge on any atom is -0.396 e. The van der Waals surface area contributed by atoms with Crippen molar-refractivity contribution in [2.24, 2.45) is 0 Å². The van der Waals surface area contributed by atoms with Gasteiger partial charge in [0.1, 0.15) is 0 Å². The van der Waals surface area contributed by atoms with Crippen molar-refractivity contribution in [2.45, 2.75) is 31.9 Å². The Balaban J connectivity index is 1.68. The summed E-state index contributed by atoms with van der Waals surface area (Å²) in [5.41, 5.74) is 6.34. The molecule has 2 heterocycles. The van der Waals surface area contributed by atoms with Crippen LogP contribution < -0.4 is 5.73 Å². The van der Waals surface area contributed by atoms with Crippen LogP contribution >= 0.6 is 0 Å². The first kappa shape index (κ1) is 12.4. The maximum Gasteiger partial charge on any atom is 0.0719 e. The number of hydrogen-bond acceptors (Lipinski definition) is 4. The Morgan fingerprint density at radius 2 is 2.47 bits per heavy atom. The Labute approximate surface area is 103 Å². The van der Waals surface area contributed by atoms with Crippen LogP contribution in [0.2, 0.25) is 0 Å². The first-order chi connectivity index (χ1) is 8.24. The summed E-state index contributed by atoms with van der Waals surface area (Å²) in [6.07, 6.45) is 7.67. The molecule has 1 aromatic heterocycles. The van der Waals surface area contributed by atoms with Gasteiger partial charge in [0, 0.05) is 25.9 Å². The van der Waals surface area contributed by atoms with Crippen LogP contribution in [0, 0.1) is 0 Å². The van der Waals surface area contributed by atoms with Crippen molar-refractivity contribution in [1.82, 2.24) is 14.7 Å². The van der Waals surface area contributed by atoms with Crippen LogP contribution in [0.1, 0.15) is 19.3 Å². The fourth-order valence-electron chi connectivity index (χ4n) is 2.17. The highest BCUT2D eigenvalue weighted by molar-refractivity contribution is 5.30. The molecule has 0 radical (unpaired) electrons. The molecule has 0 amide bonds. The number of nitrogen functional groups attached to an aromatic ring is 1. The molecule has 0 saturated carbocycles. The summed E-state index contributed by atoms with van der Waals surface area (Å²) in [5.74, 6) is 0. The van der Waals surface area contributed by atoms with Crippen LogP contribution in [0.4, 0.5) is 5.69 Å². The van der Waals surface area contributed by atoms with Crippen LogP contribution in [0.15, 0.2) is 12.4 Å². The molecule has 0 bridgehead atoms. The topological polar surface area (TPSA) is 56.3 Å². The maximum atomic E-state index is 5.72. The third-order valence-corrected chi connectivity index (χ3v) is 3.15. The van der Waals surface area contributed by atoms with Crippen LogP contribution in [-0.4, -0.2) is 47.5 Å². The summed E-state index contributed by atoms with van der Waals surface area (Å²) in [7, 11) is 2.13. The van der Waals surface area contributed by atoms with E-state index >= 15 is 0 Å². The Kier molecular flexibility index (Phi) is 4.39. The van der Waals surface area contributed by atoms with Crippen molar-refractivity contribution in [3.8, 4) is 0 Å². The van der Waals surface area contributed by atoms with Crippen molar-refractivity contribution < 1.29 is 4.74 Å². The van der Waals surface area contributed by atoms with E-state index in [0.717, 1.165) is 31.9 Å². The lowest BCUT2D eigenvalue weighted by atomic mass is 10.1. The first-order valence-electron chi connectivity index (χ1n) is 6.32. The summed E-state index contributed by atoms with van der Waals surface area (Å²) in [6.45, 7) is 3.78. The van der Waals surface area contributed by atoms with E-state index < -0.39 is 0 Å². The zero-order valence-electron chi connectivity index (χ0n) is 10.5. The third-order valence-electron chi connectivity index (χ3n) is 3.15. The summed E-state index contributed by atoms with van der Waals surface area (Å²) < 4.78 is 7.60. The Morgan fingerprint density at radius 1 is 1.59 bits per heavy atom. The van der Waals surface area contributed by atoms with Crippen LogP contribution in [0.3, 0.4) is 0 Å². The quantitative estimate of drug-likeness (QED) is 0.830. The molecule has 5 nitrogen and oxygen atoms in total. The molecule has 1 aliphatic rings. The number of ether oxygens (including phenoxy) is 1. The fraction of sp³-hybridized carbons (Fsp3) is 0.750. The normalized spacial score (nSPS) is 20.9. The Bertz CT molecular complexity index is 333. The van der Waals surface area contributed by atoms with E-state index in [9.17, 15) is 0 Å². The predicted molar refractivity (Wildman–Crippen MR) is 67.7 cm³/mol. The second kappa shape index (κ2) is 6.02. The molecule has 1 aromatic rings. The maximum absolute atomic E-state index is 5.72. The van der Waals surface area contributed by atoms with Crippen LogP contribution in [0.25, 0.3) is 0 Å². The fourth-order valence-corrected chi connectivity index (χ4v) is 2.17. The molecule has 96 valence electrons. The summed E-state index contributed by atoms with van der Waals surface area (Å²) >= 11 is 0. The average molecular weight is 238 g/mol. The molecule has 1 fully saturated rings. The minimum absolute atomic E-state index is 0.413. The zero-order chi connectivity index (χ0) is 12.1. The van der Waals surface area contributed by atoms with E-state index in [4.69, 9.17) is 10.5 Å². The zero-order valence-corrected chi connectivity index (χ0v) is 10.5. The van der Waals surface area contributed by atoms with Gasteiger partial charge in [-0.1, -0.05) is 0 Å². The monoisotopic (exact) mass is 238 g/mol. The van der Waals surface area contributed by atoms with E-state index in [-0.39, 0.29) is 0 Å². The van der Waals surface area contributed by atoms with Gasteiger partial charge in [0.25, 0.3) is 0 Å². The minimum atomic E-state index is 0.413. The number of rotatable bonds is 5. The van der Waals surface area contributed by atoms with E-state index in [1.54, 1.807) is 6.20 Å². The van der Waals surface area contributed by atoms with Gasteiger partial charge >= 0.3 is 0 Å². The van der Waals surface area contributed by atoms with Gasteiger partial charge in [0.05, 0.1) is 24.5 Å². The summed E-state index contributed by atoms with van der Waals surface area (Å²) in [5, 5.41) is 4.17. The highest BCUT2D eigenvalue weighted by Gasteiger charge is 2.15. The molecule has 17 heavy (non-hydrogen) atoms. The van der Waals surface area contributed by atoms with Gasteiger partial charge in [0.15, 0.2) is 0 Å². The van der Waals surface area contributed by atoms with Crippen molar-refractivity contribution in [3.05, 3.63) is 12.4 Å². The van der Waals surface area contributed by atoms with Crippen molar-refractivity contribution >= 4 is 5.69 Å². The largest absolute Gasteiger partial charge is 0.396 e. The van der Waals surface area contributed by atoms with E-state index in [1.807, 2.05) is 10.9 Å². The van der Waals surface area contributed by atoms with Crippen molar-refractivity contribution in [1.29, 1.82) is 0 Å². The van der Waals surface area contributed by atoms with Gasteiger partial charge in [-0.3, -0.25) is 4.68 Å². The smallest absolute Gasteiger partial charge is 0.0719 e. The van der Waals surface area contributed by atoms with E-state index in [2.05, 4.69) is 17.0 Å². The molecule has 1 atom stereocenters. The highest BCUT2D eigenvalue weighted by atomic mass is 16.5. The second-order valence-corrected chi connectivity index (χ2v) is 4.79. The lowest BCUT2D eigenvalue weighted by Gasteiger charge is -2.27. The Hall–Kier alpha value is -1.07. The molecule has 2 N–H and O–H groups in total. The second-order valence-electron chi connectivity index (χ2n) is 4.79. The van der Waals surface area contributed by atoms with Gasteiger partial charge in [-0.15, -0.1) is 0 Å². The summed E-state index contributed by atoms with van der Waals surface area (Å²) in [6, 6.07) is 0. The first-order valence-corrected chi connectivity index (χ1v) is 6.32. The number of nitrogens with two attached hydrogens (primary N) is 1. The molecule has 1 saturated heterocycles.